The molecule has 0 aromatic carbocycles. The van der Waals surface area contributed by atoms with Crippen LogP contribution in [0.5, 0.6) is 0 Å². The van der Waals surface area contributed by atoms with Gasteiger partial charge in [-0.1, -0.05) is 0 Å². The second-order valence-corrected chi connectivity index (χ2v) is 4.03. The molecule has 0 rings (SSSR count). The maximum Gasteiger partial charge on any atom is 0.335 e. The van der Waals surface area contributed by atoms with Gasteiger partial charge >= 0.3 is 11.9 Å². The number of aliphatic hydroxyl groups excluding tert-OH is 4. The summed E-state index contributed by atoms with van der Waals surface area (Å²) in [5.41, 5.74) is 4.93. The van der Waals surface area contributed by atoms with Crippen molar-refractivity contribution in [2.24, 2.45) is 5.73 Å². The Bertz CT molecular complexity index is 403. The van der Waals surface area contributed by atoms with Gasteiger partial charge in [0.05, 0.1) is 0 Å². The first kappa shape index (κ1) is 22.0. The van der Waals surface area contributed by atoms with E-state index in [0.29, 0.717) is 0 Å². The first-order valence-corrected chi connectivity index (χ1v) is 5.63. The Morgan fingerprint density at radius 3 is 1.86 bits per heavy atom. The molecule has 0 unspecified atom stereocenters. The number of aldehydes is 1. The van der Waals surface area contributed by atoms with E-state index < -0.39 is 36.4 Å². The Kier molecular flexibility index (Phi) is 10.5. The smallest absolute Gasteiger partial charge is 0.335 e. The fraction of sp³-hybridized carbons (Fsp3) is 0.600. The molecular weight excluding hydrogens is 306 g/mol. The number of carboxylic acid groups (broad SMARTS) is 2. The molecule has 0 radical (unpaired) electrons. The highest BCUT2D eigenvalue weighted by molar-refractivity contribution is 5.80. The quantitative estimate of drug-likeness (QED) is 0.127. The van der Waals surface area contributed by atoms with E-state index in [-0.39, 0.29) is 18.8 Å². The minimum absolute atomic E-state index is 0.0809. The molecule has 22 heavy (non-hydrogen) atoms. The molecule has 0 amide bonds. The molecule has 128 valence electrons. The molecule has 12 nitrogen and oxygen atoms in total. The van der Waals surface area contributed by atoms with E-state index in [9.17, 15) is 14.4 Å². The summed E-state index contributed by atoms with van der Waals surface area (Å²) in [6.45, 7) is -0.227. The predicted octanol–water partition coefficient (Wildman–Crippen LogP) is -4.39. The van der Waals surface area contributed by atoms with Gasteiger partial charge in [0.15, 0.2) is 18.3 Å². The van der Waals surface area contributed by atoms with Crippen LogP contribution in [-0.2, 0) is 14.4 Å². The number of likely N-dealkylation sites (N-methyl/N-ethyl adjacent to an activating group) is 1. The van der Waals surface area contributed by atoms with Crippen molar-refractivity contribution in [3.63, 3.8) is 0 Å². The minimum Gasteiger partial charge on any atom is -0.480 e. The molecular formula is C10H19N3O9. The summed E-state index contributed by atoms with van der Waals surface area (Å²) in [5.74, 6) is -2.99. The normalized spacial score (nSPS) is 15.3. The molecule has 0 spiro atoms. The topological polar surface area (TPSA) is 226 Å². The largest absolute Gasteiger partial charge is 0.480 e. The summed E-state index contributed by atoms with van der Waals surface area (Å²) < 4.78 is 0. The number of nitrogens with one attached hydrogen (secondary N) is 1. The Hall–Kier alpha value is -2.28. The summed E-state index contributed by atoms with van der Waals surface area (Å²) in [6, 6.07) is 0. The number of hydrogen-bond acceptors (Lipinski definition) is 8. The lowest BCUT2D eigenvalue weighted by Gasteiger charge is -2.21. The number of guanidine groups is 1. The number of aliphatic carboxylic acids is 2. The predicted molar refractivity (Wildman–Crippen MR) is 69.9 cm³/mol. The van der Waals surface area contributed by atoms with Crippen LogP contribution in [0.1, 0.15) is 0 Å². The zero-order valence-corrected chi connectivity index (χ0v) is 11.5. The van der Waals surface area contributed by atoms with E-state index in [1.165, 1.54) is 7.05 Å². The first-order chi connectivity index (χ1) is 9.95. The standard InChI is InChI=1S/C6H10O7.C4H9N3O2/c7-1-2(8)3(9)4(10)5(11)6(12)13;1-7(4(5)6)2-3(8)9/h1-5,8-11H,(H,12,13);2H2,1H3,(H3,5,6)(H,8,9)/t2-,3+,4-,5-;/m0./s1. The lowest BCUT2D eigenvalue weighted by Crippen LogP contribution is -2.48. The van der Waals surface area contributed by atoms with Crippen molar-refractivity contribution in [1.29, 1.82) is 5.41 Å². The second-order valence-electron chi connectivity index (χ2n) is 4.03. The van der Waals surface area contributed by atoms with Gasteiger partial charge in [-0.15, -0.1) is 0 Å². The van der Waals surface area contributed by atoms with Crippen molar-refractivity contribution in [1.82, 2.24) is 4.90 Å². The molecule has 0 aromatic heterocycles. The third kappa shape index (κ3) is 8.80. The second kappa shape index (κ2) is 10.4. The highest BCUT2D eigenvalue weighted by Crippen LogP contribution is 2.03. The van der Waals surface area contributed by atoms with E-state index in [1.54, 1.807) is 0 Å². The Balaban J connectivity index is 0. The van der Waals surface area contributed by atoms with Crippen molar-refractivity contribution in [2.75, 3.05) is 13.6 Å². The average Bonchev–Trinajstić information content (AvgIpc) is 2.43. The summed E-state index contributed by atoms with van der Waals surface area (Å²) in [6.07, 6.45) is -8.39. The summed E-state index contributed by atoms with van der Waals surface area (Å²) >= 11 is 0. The average molecular weight is 325 g/mol. The molecule has 9 N–H and O–H groups in total. The van der Waals surface area contributed by atoms with E-state index >= 15 is 0 Å². The fourth-order valence-electron chi connectivity index (χ4n) is 0.903. The fourth-order valence-corrected chi connectivity index (χ4v) is 0.903. The van der Waals surface area contributed by atoms with Crippen molar-refractivity contribution in [2.45, 2.75) is 24.4 Å². The van der Waals surface area contributed by atoms with Gasteiger partial charge in [0, 0.05) is 7.05 Å². The van der Waals surface area contributed by atoms with Crippen LogP contribution in [0.15, 0.2) is 0 Å². The number of nitrogens with two attached hydrogens (primary N) is 1. The number of aliphatic hydroxyl groups is 4. The van der Waals surface area contributed by atoms with Crippen LogP contribution in [0.4, 0.5) is 0 Å². The number of carbonyl (C=O) groups is 3. The SMILES string of the molecule is CN(CC(=O)O)C(=N)N.O=C[C@H](O)[C@@H](O)[C@H](O)[C@H](O)C(=O)O. The highest BCUT2D eigenvalue weighted by Gasteiger charge is 2.33. The number of rotatable bonds is 7. The van der Waals surface area contributed by atoms with Crippen LogP contribution >= 0.6 is 0 Å². The van der Waals surface area contributed by atoms with Gasteiger partial charge in [-0.2, -0.15) is 0 Å². The van der Waals surface area contributed by atoms with E-state index in [2.05, 4.69) is 0 Å². The van der Waals surface area contributed by atoms with Gasteiger partial charge in [0.2, 0.25) is 0 Å². The molecule has 0 aliphatic heterocycles. The van der Waals surface area contributed by atoms with Gasteiger partial charge in [0.25, 0.3) is 0 Å². The Morgan fingerprint density at radius 2 is 1.64 bits per heavy atom. The molecule has 0 aliphatic rings. The summed E-state index contributed by atoms with van der Waals surface area (Å²) in [5, 5.41) is 58.1. The molecule has 0 heterocycles. The number of carboxylic acids is 2. The summed E-state index contributed by atoms with van der Waals surface area (Å²) in [4.78, 5) is 31.0. The Labute approximate surface area is 124 Å². The summed E-state index contributed by atoms with van der Waals surface area (Å²) in [7, 11) is 1.44. The van der Waals surface area contributed by atoms with Crippen molar-refractivity contribution in [3.8, 4) is 0 Å². The van der Waals surface area contributed by atoms with E-state index in [4.69, 9.17) is 41.8 Å². The van der Waals surface area contributed by atoms with Gasteiger partial charge in [0.1, 0.15) is 24.9 Å². The number of carbonyl (C=O) groups excluding carboxylic acids is 1. The van der Waals surface area contributed by atoms with Crippen LogP contribution in [0, 0.1) is 5.41 Å². The molecule has 0 saturated carbocycles. The lowest BCUT2D eigenvalue weighted by molar-refractivity contribution is -0.163. The monoisotopic (exact) mass is 325 g/mol. The van der Waals surface area contributed by atoms with Gasteiger partial charge in [-0.3, -0.25) is 10.2 Å². The molecule has 0 aliphatic carbocycles. The lowest BCUT2D eigenvalue weighted by atomic mass is 10.0. The molecule has 0 fully saturated rings. The van der Waals surface area contributed by atoms with Crippen LogP contribution in [0.2, 0.25) is 0 Å². The van der Waals surface area contributed by atoms with Crippen LogP contribution in [-0.4, -0.2) is 97.7 Å². The van der Waals surface area contributed by atoms with Gasteiger partial charge in [-0.05, 0) is 0 Å². The van der Waals surface area contributed by atoms with Gasteiger partial charge < -0.3 is 46.1 Å². The van der Waals surface area contributed by atoms with Crippen molar-refractivity contribution >= 4 is 24.2 Å². The number of nitrogens with zero attached hydrogens (tertiary/aromatic N) is 1. The zero-order chi connectivity index (χ0) is 18.0. The zero-order valence-electron chi connectivity index (χ0n) is 11.5. The maximum absolute atomic E-state index is 10.1. The number of hydrogen-bond donors (Lipinski definition) is 8. The molecule has 0 saturated heterocycles. The first-order valence-electron chi connectivity index (χ1n) is 5.63. The van der Waals surface area contributed by atoms with Gasteiger partial charge in [-0.25, -0.2) is 4.79 Å². The third-order valence-electron chi connectivity index (χ3n) is 2.20. The van der Waals surface area contributed by atoms with E-state index in [0.717, 1.165) is 4.90 Å². The molecule has 4 atom stereocenters. The minimum atomic E-state index is -2.25. The van der Waals surface area contributed by atoms with Crippen molar-refractivity contribution in [3.05, 3.63) is 0 Å². The molecule has 12 heteroatoms. The van der Waals surface area contributed by atoms with Crippen molar-refractivity contribution < 1.29 is 45.0 Å². The van der Waals surface area contributed by atoms with E-state index in [1.807, 2.05) is 0 Å². The van der Waals surface area contributed by atoms with Crippen LogP contribution in [0.3, 0.4) is 0 Å². The van der Waals surface area contributed by atoms with Crippen LogP contribution < -0.4 is 5.73 Å². The third-order valence-corrected chi connectivity index (χ3v) is 2.20. The maximum atomic E-state index is 10.1. The molecule has 0 aromatic rings. The van der Waals surface area contributed by atoms with Crippen LogP contribution in [0.25, 0.3) is 0 Å². The molecule has 0 bridgehead atoms. The Morgan fingerprint density at radius 1 is 1.18 bits per heavy atom. The highest BCUT2D eigenvalue weighted by atomic mass is 16.4.